The van der Waals surface area contributed by atoms with Crippen LogP contribution in [0.25, 0.3) is 0 Å². The number of esters is 1. The van der Waals surface area contributed by atoms with Crippen molar-refractivity contribution in [3.8, 4) is 0 Å². The SMILES string of the molecule is CC(C)COC(=O)CC1(C)C=CCC1(C)C. The number of carbonyl (C=O) groups is 1. The maximum absolute atomic E-state index is 11.7. The highest BCUT2D eigenvalue weighted by Crippen LogP contribution is 2.50. The number of carbonyl (C=O) groups excluding carboxylic acids is 1. The van der Waals surface area contributed by atoms with Gasteiger partial charge in [0.15, 0.2) is 0 Å². The smallest absolute Gasteiger partial charge is 0.306 e. The van der Waals surface area contributed by atoms with Gasteiger partial charge in [0.1, 0.15) is 0 Å². The molecule has 0 aromatic heterocycles. The van der Waals surface area contributed by atoms with E-state index in [2.05, 4.69) is 46.8 Å². The van der Waals surface area contributed by atoms with Crippen LogP contribution < -0.4 is 0 Å². The van der Waals surface area contributed by atoms with E-state index >= 15 is 0 Å². The molecule has 1 aliphatic rings. The van der Waals surface area contributed by atoms with E-state index in [0.717, 1.165) is 6.42 Å². The highest BCUT2D eigenvalue weighted by atomic mass is 16.5. The minimum absolute atomic E-state index is 0.0545. The Morgan fingerprint density at radius 2 is 2.00 bits per heavy atom. The Morgan fingerprint density at radius 3 is 2.44 bits per heavy atom. The van der Waals surface area contributed by atoms with Crippen LogP contribution in [0.3, 0.4) is 0 Å². The molecule has 0 radical (unpaired) electrons. The molecule has 92 valence electrons. The van der Waals surface area contributed by atoms with Crippen molar-refractivity contribution in [3.63, 3.8) is 0 Å². The lowest BCUT2D eigenvalue weighted by Crippen LogP contribution is -2.32. The number of rotatable bonds is 4. The predicted octanol–water partition coefficient (Wildman–Crippen LogP) is 3.57. The Balaban J connectivity index is 2.53. The molecule has 2 heteroatoms. The Bertz CT molecular complexity index is 289. The summed E-state index contributed by atoms with van der Waals surface area (Å²) in [6.07, 6.45) is 5.88. The van der Waals surface area contributed by atoms with Gasteiger partial charge >= 0.3 is 5.97 Å². The Kier molecular flexibility index (Phi) is 3.82. The van der Waals surface area contributed by atoms with Crippen LogP contribution in [0, 0.1) is 16.7 Å². The molecule has 0 saturated carbocycles. The highest BCUT2D eigenvalue weighted by Gasteiger charge is 2.43. The highest BCUT2D eigenvalue weighted by molar-refractivity contribution is 5.71. The minimum Gasteiger partial charge on any atom is -0.465 e. The van der Waals surface area contributed by atoms with Gasteiger partial charge in [-0.05, 0) is 17.8 Å². The third-order valence-corrected chi connectivity index (χ3v) is 3.75. The molecule has 0 bridgehead atoms. The standard InChI is InChI=1S/C14H24O2/c1-11(2)10-16-12(15)9-14(5)8-6-7-13(14,3)4/h6,8,11H,7,9-10H2,1-5H3. The molecule has 0 heterocycles. The number of hydrogen-bond donors (Lipinski definition) is 0. The van der Waals surface area contributed by atoms with E-state index in [-0.39, 0.29) is 16.8 Å². The summed E-state index contributed by atoms with van der Waals surface area (Å²) >= 11 is 0. The van der Waals surface area contributed by atoms with Gasteiger partial charge in [-0.25, -0.2) is 0 Å². The summed E-state index contributed by atoms with van der Waals surface area (Å²) in [5.41, 5.74) is 0.102. The average Bonchev–Trinajstić information content (AvgIpc) is 2.38. The molecule has 0 fully saturated rings. The van der Waals surface area contributed by atoms with Crippen molar-refractivity contribution in [2.75, 3.05) is 6.61 Å². The Morgan fingerprint density at radius 1 is 1.38 bits per heavy atom. The van der Waals surface area contributed by atoms with Gasteiger partial charge < -0.3 is 4.74 Å². The van der Waals surface area contributed by atoms with Gasteiger partial charge in [0.05, 0.1) is 13.0 Å². The van der Waals surface area contributed by atoms with Crippen molar-refractivity contribution in [2.45, 2.75) is 47.5 Å². The zero-order chi connectivity index (χ0) is 12.4. The molecule has 1 aliphatic carbocycles. The molecule has 1 rings (SSSR count). The van der Waals surface area contributed by atoms with Crippen molar-refractivity contribution in [1.29, 1.82) is 0 Å². The fourth-order valence-corrected chi connectivity index (χ4v) is 1.98. The zero-order valence-electron chi connectivity index (χ0n) is 11.2. The summed E-state index contributed by atoms with van der Waals surface area (Å²) in [4.78, 5) is 11.7. The second-order valence-electron chi connectivity index (χ2n) is 6.16. The van der Waals surface area contributed by atoms with Gasteiger partial charge in [-0.3, -0.25) is 4.79 Å². The summed E-state index contributed by atoms with van der Waals surface area (Å²) in [7, 11) is 0. The first-order valence-corrected chi connectivity index (χ1v) is 6.10. The summed E-state index contributed by atoms with van der Waals surface area (Å²) < 4.78 is 5.25. The first-order chi connectivity index (χ1) is 7.27. The second kappa shape index (κ2) is 4.60. The molecular weight excluding hydrogens is 200 g/mol. The van der Waals surface area contributed by atoms with Gasteiger partial charge in [0, 0.05) is 5.41 Å². The fourth-order valence-electron chi connectivity index (χ4n) is 1.98. The topological polar surface area (TPSA) is 26.3 Å². The molecular formula is C14H24O2. The first kappa shape index (κ1) is 13.3. The molecule has 2 nitrogen and oxygen atoms in total. The van der Waals surface area contributed by atoms with Crippen LogP contribution in [-0.2, 0) is 9.53 Å². The molecule has 0 N–H and O–H groups in total. The lowest BCUT2D eigenvalue weighted by molar-refractivity contribution is -0.148. The maximum Gasteiger partial charge on any atom is 0.306 e. The fraction of sp³-hybridized carbons (Fsp3) is 0.786. The van der Waals surface area contributed by atoms with Crippen molar-refractivity contribution in [1.82, 2.24) is 0 Å². The van der Waals surface area contributed by atoms with Crippen LogP contribution in [0.1, 0.15) is 47.5 Å². The molecule has 0 saturated heterocycles. The quantitative estimate of drug-likeness (QED) is 0.539. The summed E-state index contributed by atoms with van der Waals surface area (Å²) in [6, 6.07) is 0. The van der Waals surface area contributed by atoms with E-state index in [4.69, 9.17) is 4.74 Å². The van der Waals surface area contributed by atoms with Crippen molar-refractivity contribution >= 4 is 5.97 Å². The molecule has 0 amide bonds. The molecule has 1 atom stereocenters. The first-order valence-electron chi connectivity index (χ1n) is 6.10. The average molecular weight is 224 g/mol. The minimum atomic E-state index is -0.0733. The molecule has 0 aliphatic heterocycles. The second-order valence-corrected chi connectivity index (χ2v) is 6.16. The lowest BCUT2D eigenvalue weighted by Gasteiger charge is -2.37. The Labute approximate surface area is 99.1 Å². The molecule has 16 heavy (non-hydrogen) atoms. The summed E-state index contributed by atoms with van der Waals surface area (Å²) in [6.45, 7) is 11.2. The van der Waals surface area contributed by atoms with Crippen LogP contribution in [-0.4, -0.2) is 12.6 Å². The third kappa shape index (κ3) is 2.87. The molecule has 0 aromatic carbocycles. The van der Waals surface area contributed by atoms with Crippen molar-refractivity contribution in [2.24, 2.45) is 16.7 Å². The van der Waals surface area contributed by atoms with Crippen LogP contribution in [0.4, 0.5) is 0 Å². The van der Waals surface area contributed by atoms with Crippen molar-refractivity contribution < 1.29 is 9.53 Å². The van der Waals surface area contributed by atoms with E-state index in [0.29, 0.717) is 18.9 Å². The van der Waals surface area contributed by atoms with E-state index in [1.165, 1.54) is 0 Å². The molecule has 0 spiro atoms. The summed E-state index contributed by atoms with van der Waals surface area (Å²) in [5.74, 6) is 0.333. The van der Waals surface area contributed by atoms with Crippen LogP contribution in [0.2, 0.25) is 0 Å². The van der Waals surface area contributed by atoms with E-state index < -0.39 is 0 Å². The largest absolute Gasteiger partial charge is 0.465 e. The Hall–Kier alpha value is -0.790. The molecule has 1 unspecified atom stereocenters. The third-order valence-electron chi connectivity index (χ3n) is 3.75. The van der Waals surface area contributed by atoms with Crippen LogP contribution >= 0.6 is 0 Å². The van der Waals surface area contributed by atoms with E-state index in [9.17, 15) is 4.79 Å². The maximum atomic E-state index is 11.7. The molecule has 0 aromatic rings. The lowest BCUT2D eigenvalue weighted by atomic mass is 9.67. The monoisotopic (exact) mass is 224 g/mol. The predicted molar refractivity (Wildman–Crippen MR) is 66.1 cm³/mol. The van der Waals surface area contributed by atoms with E-state index in [1.807, 2.05) is 0 Å². The van der Waals surface area contributed by atoms with Gasteiger partial charge in [-0.15, -0.1) is 0 Å². The number of ether oxygens (including phenoxy) is 1. The number of allylic oxidation sites excluding steroid dienone is 2. The van der Waals surface area contributed by atoms with Gasteiger partial charge in [-0.1, -0.05) is 46.8 Å². The zero-order valence-corrected chi connectivity index (χ0v) is 11.2. The van der Waals surface area contributed by atoms with Gasteiger partial charge in [-0.2, -0.15) is 0 Å². The van der Waals surface area contributed by atoms with Crippen LogP contribution in [0.15, 0.2) is 12.2 Å². The summed E-state index contributed by atoms with van der Waals surface area (Å²) in [5, 5.41) is 0. The van der Waals surface area contributed by atoms with Gasteiger partial charge in [0.25, 0.3) is 0 Å². The van der Waals surface area contributed by atoms with Crippen molar-refractivity contribution in [3.05, 3.63) is 12.2 Å². The normalized spacial score (nSPS) is 27.4. The van der Waals surface area contributed by atoms with Crippen LogP contribution in [0.5, 0.6) is 0 Å². The number of hydrogen-bond acceptors (Lipinski definition) is 2. The van der Waals surface area contributed by atoms with E-state index in [1.54, 1.807) is 0 Å². The van der Waals surface area contributed by atoms with Gasteiger partial charge in [0.2, 0.25) is 0 Å².